The van der Waals surface area contributed by atoms with Gasteiger partial charge in [-0.25, -0.2) is 0 Å². The van der Waals surface area contributed by atoms with Gasteiger partial charge in [-0.2, -0.15) is 17.0 Å². The van der Waals surface area contributed by atoms with Crippen molar-refractivity contribution in [2.75, 3.05) is 32.6 Å². The van der Waals surface area contributed by atoms with Gasteiger partial charge in [0.15, 0.2) is 11.4 Å². The van der Waals surface area contributed by atoms with Crippen LogP contribution in [0.3, 0.4) is 0 Å². The molecule has 24 heavy (non-hydrogen) atoms. The van der Waals surface area contributed by atoms with Crippen LogP contribution in [0.1, 0.15) is 11.3 Å². The van der Waals surface area contributed by atoms with Crippen LogP contribution in [0.15, 0.2) is 33.7 Å². The minimum atomic E-state index is 0.662. The van der Waals surface area contributed by atoms with Crippen LogP contribution in [0.25, 0.3) is 11.0 Å². The van der Waals surface area contributed by atoms with Gasteiger partial charge in [-0.15, -0.1) is 0 Å². The Balaban J connectivity index is 1.86. The minimum Gasteiger partial charge on any atom is -0.460 e. The molecule has 0 spiro atoms. The van der Waals surface area contributed by atoms with Gasteiger partial charge in [-0.05, 0) is 38.0 Å². The van der Waals surface area contributed by atoms with Gasteiger partial charge in [0.25, 0.3) is 0 Å². The highest BCUT2D eigenvalue weighted by Crippen LogP contribution is 2.24. The molecule has 1 aromatic heterocycles. The molecule has 0 aliphatic heterocycles. The lowest BCUT2D eigenvalue weighted by molar-refractivity contribution is 0.402. The number of rotatable bonds is 7. The smallest absolute Gasteiger partial charge is 0.183 e. The van der Waals surface area contributed by atoms with Crippen molar-refractivity contribution in [2.24, 2.45) is 4.99 Å². The Morgan fingerprint density at radius 2 is 2.21 bits per heavy atom. The van der Waals surface area contributed by atoms with Crippen molar-refractivity contribution < 1.29 is 4.42 Å². The highest BCUT2D eigenvalue weighted by molar-refractivity contribution is 8.13. The van der Waals surface area contributed by atoms with E-state index >= 15 is 0 Å². The average Bonchev–Trinajstić information content (AvgIpc) is 2.95. The number of thioether (sulfide) groups is 2. The van der Waals surface area contributed by atoms with Gasteiger partial charge in [0.1, 0.15) is 11.3 Å². The highest BCUT2D eigenvalue weighted by atomic mass is 32.2. The van der Waals surface area contributed by atoms with Gasteiger partial charge in [0.2, 0.25) is 0 Å². The topological polar surface area (TPSA) is 64.6 Å². The van der Waals surface area contributed by atoms with E-state index in [0.717, 1.165) is 34.8 Å². The van der Waals surface area contributed by atoms with Crippen molar-refractivity contribution in [1.82, 2.24) is 10.2 Å². The minimum absolute atomic E-state index is 0.662. The summed E-state index contributed by atoms with van der Waals surface area (Å²) in [6.45, 7) is 1.59. The maximum absolute atomic E-state index is 8.58. The first-order valence-corrected chi connectivity index (χ1v) is 9.97. The van der Waals surface area contributed by atoms with E-state index in [9.17, 15) is 0 Å². The van der Waals surface area contributed by atoms with Crippen LogP contribution in [0.5, 0.6) is 0 Å². The summed E-state index contributed by atoms with van der Waals surface area (Å²) in [5.74, 6) is 2.70. The quantitative estimate of drug-likeness (QED) is 0.267. The van der Waals surface area contributed by atoms with Gasteiger partial charge in [-0.1, -0.05) is 23.9 Å². The molecular formula is C17H22N4OS2. The fraction of sp³-hybridized carbons (Fsp3) is 0.412. The van der Waals surface area contributed by atoms with Gasteiger partial charge in [-0.3, -0.25) is 10.3 Å². The summed E-state index contributed by atoms with van der Waals surface area (Å²) in [6.07, 6.45) is 3.79. The van der Waals surface area contributed by atoms with E-state index in [-0.39, 0.29) is 0 Å². The fourth-order valence-corrected chi connectivity index (χ4v) is 3.33. The number of hydrogen-bond acceptors (Lipinski definition) is 6. The summed E-state index contributed by atoms with van der Waals surface area (Å²) in [7, 11) is 4.12. The lowest BCUT2D eigenvalue weighted by atomic mass is 10.1. The standard InChI is InChI=1S/C17H22N4OS2/c1-21(2)10-13-4-5-14-9-15(22-16(14)8-13)11-24-7-6-19-17(23-3)20-12-18/h4-5,8-9H,6-7,10-11H2,1-3H3,(H,19,20). The van der Waals surface area contributed by atoms with Gasteiger partial charge >= 0.3 is 0 Å². The zero-order valence-electron chi connectivity index (χ0n) is 14.2. The average molecular weight is 363 g/mol. The number of nitrogens with zero attached hydrogens (tertiary/aromatic N) is 3. The molecule has 5 nitrogen and oxygen atoms in total. The zero-order chi connectivity index (χ0) is 17.4. The molecule has 2 rings (SSSR count). The van der Waals surface area contributed by atoms with Crippen molar-refractivity contribution in [2.45, 2.75) is 12.3 Å². The van der Waals surface area contributed by atoms with Crippen LogP contribution in [0.4, 0.5) is 0 Å². The van der Waals surface area contributed by atoms with Crippen LogP contribution < -0.4 is 5.32 Å². The third kappa shape index (κ3) is 5.78. The number of nitriles is 1. The maximum Gasteiger partial charge on any atom is 0.183 e. The molecule has 1 N–H and O–H groups in total. The Bertz CT molecular complexity index is 734. The number of aliphatic imine (C=N–C) groups is 1. The predicted octanol–water partition coefficient (Wildman–Crippen LogP) is 3.52. The van der Waals surface area contributed by atoms with Gasteiger partial charge in [0.05, 0.1) is 12.3 Å². The monoisotopic (exact) mass is 362 g/mol. The van der Waals surface area contributed by atoms with E-state index in [1.165, 1.54) is 17.3 Å². The summed E-state index contributed by atoms with van der Waals surface area (Å²) >= 11 is 3.22. The molecule has 7 heteroatoms. The second-order valence-electron chi connectivity index (χ2n) is 5.50. The molecular weight excluding hydrogens is 340 g/mol. The molecule has 1 aromatic carbocycles. The van der Waals surface area contributed by atoms with Crippen molar-refractivity contribution in [1.29, 1.82) is 5.26 Å². The van der Waals surface area contributed by atoms with E-state index < -0.39 is 0 Å². The first-order valence-electron chi connectivity index (χ1n) is 7.59. The van der Waals surface area contributed by atoms with Crippen LogP contribution in [-0.4, -0.2) is 42.7 Å². The third-order valence-electron chi connectivity index (χ3n) is 3.23. The highest BCUT2D eigenvalue weighted by Gasteiger charge is 2.05. The van der Waals surface area contributed by atoms with Gasteiger partial charge < -0.3 is 9.32 Å². The van der Waals surface area contributed by atoms with E-state index in [4.69, 9.17) is 9.68 Å². The number of fused-ring (bicyclic) bond motifs is 1. The van der Waals surface area contributed by atoms with E-state index in [1.54, 1.807) is 11.8 Å². The Morgan fingerprint density at radius 3 is 2.92 bits per heavy atom. The Morgan fingerprint density at radius 1 is 1.38 bits per heavy atom. The molecule has 0 unspecified atom stereocenters. The molecule has 0 saturated heterocycles. The Labute approximate surface area is 151 Å². The molecule has 2 aromatic rings. The molecule has 0 aliphatic carbocycles. The first kappa shape index (κ1) is 18.7. The molecule has 128 valence electrons. The molecule has 0 fully saturated rings. The summed E-state index contributed by atoms with van der Waals surface area (Å²) < 4.78 is 5.94. The molecule has 0 bridgehead atoms. The second kappa shape index (κ2) is 9.62. The normalized spacial score (nSPS) is 11.9. The Hall–Kier alpha value is -1.62. The van der Waals surface area contributed by atoms with E-state index in [2.05, 4.69) is 53.6 Å². The lowest BCUT2D eigenvalue weighted by Crippen LogP contribution is -2.13. The zero-order valence-corrected chi connectivity index (χ0v) is 15.8. The van der Waals surface area contributed by atoms with E-state index in [0.29, 0.717) is 11.7 Å². The number of benzene rings is 1. The van der Waals surface area contributed by atoms with Crippen molar-refractivity contribution in [3.8, 4) is 6.19 Å². The molecule has 0 aliphatic rings. The van der Waals surface area contributed by atoms with Crippen LogP contribution >= 0.6 is 23.5 Å². The lowest BCUT2D eigenvalue weighted by Gasteiger charge is -2.08. The van der Waals surface area contributed by atoms with Gasteiger partial charge in [0, 0.05) is 17.7 Å². The summed E-state index contributed by atoms with van der Waals surface area (Å²) in [5.41, 5.74) is 2.20. The van der Waals surface area contributed by atoms with Crippen molar-refractivity contribution in [3.63, 3.8) is 0 Å². The summed E-state index contributed by atoms with van der Waals surface area (Å²) in [6, 6.07) is 8.49. The number of hydrogen-bond donors (Lipinski definition) is 1. The summed E-state index contributed by atoms with van der Waals surface area (Å²) in [4.78, 5) is 6.48. The van der Waals surface area contributed by atoms with Crippen LogP contribution in [-0.2, 0) is 12.3 Å². The first-order chi connectivity index (χ1) is 11.6. The van der Waals surface area contributed by atoms with Crippen molar-refractivity contribution >= 4 is 39.7 Å². The molecule has 0 saturated carbocycles. The van der Waals surface area contributed by atoms with Crippen LogP contribution in [0.2, 0.25) is 0 Å². The second-order valence-corrected chi connectivity index (χ2v) is 7.40. The summed E-state index contributed by atoms with van der Waals surface area (Å²) in [5, 5.41) is 13.0. The third-order valence-corrected chi connectivity index (χ3v) is 4.80. The Kier molecular flexibility index (Phi) is 7.50. The number of amidine groups is 1. The van der Waals surface area contributed by atoms with Crippen LogP contribution in [0, 0.1) is 11.5 Å². The SMILES string of the molecule is CSC(=NCCSCc1cc2ccc(CN(C)C)cc2o1)NC#N. The molecule has 0 amide bonds. The fourth-order valence-electron chi connectivity index (χ4n) is 2.25. The molecule has 0 radical (unpaired) electrons. The number of nitrogens with one attached hydrogen (secondary N) is 1. The maximum atomic E-state index is 8.58. The van der Waals surface area contributed by atoms with Crippen molar-refractivity contribution in [3.05, 3.63) is 35.6 Å². The van der Waals surface area contributed by atoms with E-state index in [1.807, 2.05) is 12.4 Å². The molecule has 0 atom stereocenters. The predicted molar refractivity (Wildman–Crippen MR) is 104 cm³/mol. The number of furan rings is 1. The largest absolute Gasteiger partial charge is 0.460 e. The molecule has 1 heterocycles.